The molecule has 144 valence electrons. The summed E-state index contributed by atoms with van der Waals surface area (Å²) in [4.78, 5) is 22.7. The lowest BCUT2D eigenvalue weighted by Gasteiger charge is -2.14. The summed E-state index contributed by atoms with van der Waals surface area (Å²) in [5, 5.41) is 15.6. The van der Waals surface area contributed by atoms with Crippen LogP contribution in [0.3, 0.4) is 0 Å². The van der Waals surface area contributed by atoms with Crippen LogP contribution >= 0.6 is 11.8 Å². The average Bonchev–Trinajstić information content (AvgIpc) is 2.56. The van der Waals surface area contributed by atoms with E-state index in [0.717, 1.165) is 21.9 Å². The molecule has 5 nitrogen and oxygen atoms in total. The molecule has 0 amide bonds. The summed E-state index contributed by atoms with van der Waals surface area (Å²) in [5.74, 6) is -3.07. The van der Waals surface area contributed by atoms with Crippen molar-refractivity contribution in [2.24, 2.45) is 0 Å². The fourth-order valence-electron chi connectivity index (χ4n) is 1.89. The van der Waals surface area contributed by atoms with Crippen LogP contribution in [0, 0.1) is 11.6 Å². The molecule has 2 aromatic rings. The summed E-state index contributed by atoms with van der Waals surface area (Å²) in [7, 11) is 3.92. The lowest BCUT2D eigenvalue weighted by Crippen LogP contribution is -2.11. The molecule has 2 aromatic carbocycles. The number of carboxylic acids is 2. The largest absolute Gasteiger partial charge is 0.478 e. The lowest BCUT2D eigenvalue weighted by atomic mass is 10.2. The summed E-state index contributed by atoms with van der Waals surface area (Å²) >= 11 is 1.38. The molecule has 0 spiro atoms. The summed E-state index contributed by atoms with van der Waals surface area (Å²) in [5.41, 5.74) is 1.03. The molecule has 0 aliphatic heterocycles. The van der Waals surface area contributed by atoms with E-state index in [0.29, 0.717) is 12.2 Å². The Labute approximate surface area is 159 Å². The van der Waals surface area contributed by atoms with Crippen molar-refractivity contribution < 1.29 is 28.6 Å². The van der Waals surface area contributed by atoms with Crippen molar-refractivity contribution >= 4 is 23.7 Å². The van der Waals surface area contributed by atoms with Crippen molar-refractivity contribution in [3.63, 3.8) is 0 Å². The van der Waals surface area contributed by atoms with Crippen molar-refractivity contribution in [2.75, 3.05) is 14.1 Å². The van der Waals surface area contributed by atoms with Gasteiger partial charge in [0.2, 0.25) is 0 Å². The number of hydrogen-bond donors (Lipinski definition) is 2. The molecule has 0 unspecified atom stereocenters. The number of nitrogens with zero attached hydrogens (tertiary/aromatic N) is 1. The monoisotopic (exact) mass is 395 g/mol. The number of hydrogen-bond acceptors (Lipinski definition) is 4. The van der Waals surface area contributed by atoms with E-state index in [-0.39, 0.29) is 11.6 Å². The fourth-order valence-corrected chi connectivity index (χ4v) is 2.90. The molecule has 0 atom stereocenters. The van der Waals surface area contributed by atoms with Gasteiger partial charge < -0.3 is 15.1 Å². The van der Waals surface area contributed by atoms with Gasteiger partial charge in [0.15, 0.2) is 0 Å². The van der Waals surface area contributed by atoms with Gasteiger partial charge in [0.05, 0.1) is 0 Å². The molecule has 0 aliphatic rings. The topological polar surface area (TPSA) is 77.8 Å². The second-order valence-electron chi connectivity index (χ2n) is 5.56. The molecule has 2 N–H and O–H groups in total. The lowest BCUT2D eigenvalue weighted by molar-refractivity contribution is -0.134. The number of aliphatic carboxylic acids is 2. The zero-order valence-electron chi connectivity index (χ0n) is 14.7. The van der Waals surface area contributed by atoms with Crippen LogP contribution in [-0.2, 0) is 16.1 Å². The minimum atomic E-state index is -1.26. The smallest absolute Gasteiger partial charge is 0.328 e. The number of rotatable bonds is 6. The molecule has 0 fully saturated rings. The molecule has 0 bridgehead atoms. The van der Waals surface area contributed by atoms with Crippen LogP contribution in [-0.4, -0.2) is 41.1 Å². The van der Waals surface area contributed by atoms with E-state index in [1.54, 1.807) is 12.1 Å². The Kier molecular flexibility index (Phi) is 9.18. The number of carboxylic acid groups (broad SMARTS) is 2. The molecular weight excluding hydrogens is 376 g/mol. The highest BCUT2D eigenvalue weighted by molar-refractivity contribution is 7.99. The highest BCUT2D eigenvalue weighted by Crippen LogP contribution is 2.31. The van der Waals surface area contributed by atoms with Crippen LogP contribution in [0.2, 0.25) is 0 Å². The van der Waals surface area contributed by atoms with Crippen LogP contribution < -0.4 is 0 Å². The van der Waals surface area contributed by atoms with E-state index < -0.39 is 11.9 Å². The Hall–Kier alpha value is -2.71. The fraction of sp³-hybridized carbons (Fsp3) is 0.158. The van der Waals surface area contributed by atoms with Crippen molar-refractivity contribution in [1.82, 2.24) is 4.90 Å². The zero-order chi connectivity index (χ0) is 20.4. The third kappa shape index (κ3) is 9.53. The number of carbonyl (C=O) groups is 2. The normalized spacial score (nSPS) is 10.6. The standard InChI is InChI=1S/C15H15F2NS.C4H4O4/c1-18(2)10-11-6-7-13(17)9-15(11)19-14-5-3-4-12(16)8-14;5-3(6)1-2-4(7)8/h3-9H,10H2,1-2H3;1-2H,(H,5,6)(H,7,8)/b;2-1-. The molecule has 0 aromatic heterocycles. The summed E-state index contributed by atoms with van der Waals surface area (Å²) in [6.45, 7) is 0.720. The van der Waals surface area contributed by atoms with E-state index in [2.05, 4.69) is 0 Å². The second-order valence-corrected chi connectivity index (χ2v) is 6.67. The van der Waals surface area contributed by atoms with E-state index in [4.69, 9.17) is 10.2 Å². The van der Waals surface area contributed by atoms with Gasteiger partial charge >= 0.3 is 11.9 Å². The Bertz CT molecular complexity index is 809. The van der Waals surface area contributed by atoms with Crippen LogP contribution in [0.1, 0.15) is 5.56 Å². The number of halogens is 2. The molecule has 0 aliphatic carbocycles. The first-order valence-electron chi connectivity index (χ1n) is 7.68. The maximum atomic E-state index is 13.4. The van der Waals surface area contributed by atoms with Gasteiger partial charge in [-0.3, -0.25) is 0 Å². The van der Waals surface area contributed by atoms with E-state index in [1.165, 1.54) is 36.0 Å². The van der Waals surface area contributed by atoms with Gasteiger partial charge in [-0.2, -0.15) is 0 Å². The first kappa shape index (κ1) is 22.3. The Morgan fingerprint density at radius 3 is 2.11 bits per heavy atom. The molecular formula is C19H19F2NO4S. The predicted molar refractivity (Wildman–Crippen MR) is 98.7 cm³/mol. The van der Waals surface area contributed by atoms with Gasteiger partial charge in [-0.15, -0.1) is 0 Å². The molecule has 0 heterocycles. The van der Waals surface area contributed by atoms with Gasteiger partial charge in [0, 0.05) is 28.5 Å². The van der Waals surface area contributed by atoms with Gasteiger partial charge in [-0.25, -0.2) is 18.4 Å². The van der Waals surface area contributed by atoms with Crippen LogP contribution in [0.25, 0.3) is 0 Å². The minimum absolute atomic E-state index is 0.276. The van der Waals surface area contributed by atoms with Crippen molar-refractivity contribution in [3.8, 4) is 0 Å². The van der Waals surface area contributed by atoms with Gasteiger partial charge in [-0.1, -0.05) is 23.9 Å². The Balaban J connectivity index is 0.000000387. The van der Waals surface area contributed by atoms with Gasteiger partial charge in [-0.05, 0) is 50.0 Å². The highest BCUT2D eigenvalue weighted by Gasteiger charge is 2.08. The first-order chi connectivity index (χ1) is 12.7. The first-order valence-corrected chi connectivity index (χ1v) is 8.49. The third-order valence-corrected chi connectivity index (χ3v) is 4.00. The van der Waals surface area contributed by atoms with E-state index >= 15 is 0 Å². The Morgan fingerprint density at radius 1 is 1.00 bits per heavy atom. The molecule has 0 saturated heterocycles. The average molecular weight is 395 g/mol. The van der Waals surface area contributed by atoms with Crippen LogP contribution in [0.4, 0.5) is 8.78 Å². The second kappa shape index (κ2) is 11.1. The summed E-state index contributed by atoms with van der Waals surface area (Å²) in [6, 6.07) is 11.0. The van der Waals surface area contributed by atoms with E-state index in [9.17, 15) is 18.4 Å². The van der Waals surface area contributed by atoms with Crippen LogP contribution in [0.15, 0.2) is 64.4 Å². The predicted octanol–water partition coefficient (Wildman–Crippen LogP) is 3.89. The van der Waals surface area contributed by atoms with Crippen molar-refractivity contribution in [3.05, 3.63) is 71.8 Å². The SMILES string of the molecule is CN(C)Cc1ccc(F)cc1Sc1cccc(F)c1.O=C(O)/C=C\C(=O)O. The minimum Gasteiger partial charge on any atom is -0.478 e. The maximum Gasteiger partial charge on any atom is 0.328 e. The molecule has 2 rings (SSSR count). The van der Waals surface area contributed by atoms with Gasteiger partial charge in [0.1, 0.15) is 11.6 Å². The highest BCUT2D eigenvalue weighted by atomic mass is 32.2. The maximum absolute atomic E-state index is 13.4. The summed E-state index contributed by atoms with van der Waals surface area (Å²) < 4.78 is 26.5. The molecule has 0 saturated carbocycles. The van der Waals surface area contributed by atoms with Crippen molar-refractivity contribution in [2.45, 2.75) is 16.3 Å². The van der Waals surface area contributed by atoms with Gasteiger partial charge in [0.25, 0.3) is 0 Å². The zero-order valence-corrected chi connectivity index (χ0v) is 15.5. The number of benzene rings is 2. The van der Waals surface area contributed by atoms with Crippen molar-refractivity contribution in [1.29, 1.82) is 0 Å². The molecule has 27 heavy (non-hydrogen) atoms. The third-order valence-electron chi connectivity index (χ3n) is 2.91. The van der Waals surface area contributed by atoms with Crippen LogP contribution in [0.5, 0.6) is 0 Å². The Morgan fingerprint density at radius 2 is 1.59 bits per heavy atom. The summed E-state index contributed by atoms with van der Waals surface area (Å²) in [6.07, 6.45) is 1.12. The molecule has 8 heteroatoms. The van der Waals surface area contributed by atoms with E-state index in [1.807, 2.05) is 25.1 Å². The molecule has 0 radical (unpaired) electrons. The quantitative estimate of drug-likeness (QED) is 0.723.